The molecule has 1 aromatic carbocycles. The van der Waals surface area contributed by atoms with Gasteiger partial charge in [0.25, 0.3) is 0 Å². The summed E-state index contributed by atoms with van der Waals surface area (Å²) in [5, 5.41) is 10.1. The number of nitriles is 1. The second kappa shape index (κ2) is 7.67. The number of carbonyl (C=O) groups excluding carboxylic acids is 1. The van der Waals surface area contributed by atoms with E-state index in [0.29, 0.717) is 29.8 Å². The number of thiophene rings is 1. The van der Waals surface area contributed by atoms with E-state index in [0.717, 1.165) is 30.1 Å². The molecule has 0 spiro atoms. The van der Waals surface area contributed by atoms with Crippen LogP contribution in [-0.2, 0) is 4.79 Å². The van der Waals surface area contributed by atoms with Crippen molar-refractivity contribution < 1.29 is 4.79 Å². The van der Waals surface area contributed by atoms with Gasteiger partial charge in [0.1, 0.15) is 5.82 Å². The van der Waals surface area contributed by atoms with Crippen molar-refractivity contribution >= 4 is 54.7 Å². The van der Waals surface area contributed by atoms with Gasteiger partial charge in [0.15, 0.2) is 5.78 Å². The van der Waals surface area contributed by atoms with Crippen LogP contribution in [0.2, 0.25) is 0 Å². The summed E-state index contributed by atoms with van der Waals surface area (Å²) in [7, 11) is 0. The molecule has 2 N–H and O–H groups in total. The number of nitrogens with two attached hydrogens (primary N) is 1. The maximum absolute atomic E-state index is 13.5. The summed E-state index contributed by atoms with van der Waals surface area (Å²) in [6.07, 6.45) is 1.17. The lowest BCUT2D eigenvalue weighted by atomic mass is 9.69. The highest BCUT2D eigenvalue weighted by Gasteiger charge is 2.45. The molecule has 1 aliphatic carbocycles. The smallest absolute Gasteiger partial charge is 0.162 e. The predicted octanol–water partition coefficient (Wildman–Crippen LogP) is 6.52. The van der Waals surface area contributed by atoms with E-state index >= 15 is 0 Å². The van der Waals surface area contributed by atoms with Gasteiger partial charge in [0, 0.05) is 42.1 Å². The Morgan fingerprint density at radius 3 is 2.60 bits per heavy atom. The first-order chi connectivity index (χ1) is 14.1. The lowest BCUT2D eigenvalue weighted by molar-refractivity contribution is -0.118. The lowest BCUT2D eigenvalue weighted by Crippen LogP contribution is -2.42. The van der Waals surface area contributed by atoms with Crippen molar-refractivity contribution in [3.05, 3.63) is 71.7 Å². The Kier molecular flexibility index (Phi) is 5.46. The number of anilines is 1. The summed E-state index contributed by atoms with van der Waals surface area (Å²) in [5.74, 6) is 0.0627. The summed E-state index contributed by atoms with van der Waals surface area (Å²) in [6, 6.07) is 12.1. The third-order valence-corrected chi connectivity index (χ3v) is 8.30. The third kappa shape index (κ3) is 3.55. The number of halogens is 2. The van der Waals surface area contributed by atoms with E-state index < -0.39 is 5.92 Å². The number of allylic oxidation sites excluding steroid dienone is 3. The quantitative estimate of drug-likeness (QED) is 0.465. The number of hydrogen-bond donors (Lipinski definition) is 1. The molecule has 0 fully saturated rings. The van der Waals surface area contributed by atoms with E-state index in [9.17, 15) is 10.1 Å². The SMILES string of the molecule is Cc1sc(C2C(C#N)=C(N)N(c3cccc(Br)c3)C3=C2C(=O)CC(C)(C)C3)cc1Br. The second-order valence-electron chi connectivity index (χ2n) is 8.51. The molecule has 154 valence electrons. The topological polar surface area (TPSA) is 70.1 Å². The average Bonchev–Trinajstić information content (AvgIpc) is 2.98. The van der Waals surface area contributed by atoms with E-state index in [1.54, 1.807) is 11.3 Å². The van der Waals surface area contributed by atoms with Crippen molar-refractivity contribution in [2.75, 3.05) is 4.90 Å². The van der Waals surface area contributed by atoms with Crippen LogP contribution in [0.25, 0.3) is 0 Å². The summed E-state index contributed by atoms with van der Waals surface area (Å²) in [4.78, 5) is 17.4. The van der Waals surface area contributed by atoms with E-state index in [2.05, 4.69) is 51.8 Å². The molecule has 1 aromatic heterocycles. The van der Waals surface area contributed by atoms with Crippen molar-refractivity contribution in [1.82, 2.24) is 0 Å². The van der Waals surface area contributed by atoms with Gasteiger partial charge in [-0.15, -0.1) is 11.3 Å². The largest absolute Gasteiger partial charge is 0.384 e. The molecular weight excluding hydrogens is 526 g/mol. The minimum Gasteiger partial charge on any atom is -0.384 e. The first-order valence-corrected chi connectivity index (χ1v) is 12.0. The molecule has 0 radical (unpaired) electrons. The van der Waals surface area contributed by atoms with E-state index in [1.807, 2.05) is 42.2 Å². The molecule has 0 saturated heterocycles. The minimum absolute atomic E-state index is 0.0914. The van der Waals surface area contributed by atoms with E-state index in [-0.39, 0.29) is 11.2 Å². The Morgan fingerprint density at radius 1 is 1.27 bits per heavy atom. The number of ketones is 1. The van der Waals surface area contributed by atoms with Crippen LogP contribution in [-0.4, -0.2) is 5.78 Å². The fourth-order valence-corrected chi connectivity index (χ4v) is 6.40. The molecule has 1 unspecified atom stereocenters. The molecule has 2 aromatic rings. The molecule has 7 heteroatoms. The van der Waals surface area contributed by atoms with Crippen molar-refractivity contribution in [2.45, 2.75) is 39.5 Å². The molecule has 2 aliphatic rings. The highest BCUT2D eigenvalue weighted by Crippen LogP contribution is 2.51. The van der Waals surface area contributed by atoms with Crippen molar-refractivity contribution in [2.24, 2.45) is 11.1 Å². The summed E-state index contributed by atoms with van der Waals surface area (Å²) < 4.78 is 1.90. The van der Waals surface area contributed by atoms with Gasteiger partial charge in [-0.1, -0.05) is 35.8 Å². The molecule has 1 aliphatic heterocycles. The molecule has 4 nitrogen and oxygen atoms in total. The lowest BCUT2D eigenvalue weighted by Gasteiger charge is -2.43. The molecular formula is C23H21Br2N3OS. The van der Waals surface area contributed by atoms with Crippen LogP contribution >= 0.6 is 43.2 Å². The number of carbonyl (C=O) groups is 1. The maximum Gasteiger partial charge on any atom is 0.162 e. The Labute approximate surface area is 197 Å². The highest BCUT2D eigenvalue weighted by molar-refractivity contribution is 9.10. The Hall–Kier alpha value is -1.88. The van der Waals surface area contributed by atoms with Gasteiger partial charge in [-0.3, -0.25) is 9.69 Å². The summed E-state index contributed by atoms with van der Waals surface area (Å²) in [6.45, 7) is 6.23. The summed E-state index contributed by atoms with van der Waals surface area (Å²) in [5.41, 5.74) is 9.34. The number of hydrogen-bond acceptors (Lipinski definition) is 5. The molecule has 4 rings (SSSR count). The standard InChI is InChI=1S/C23H21Br2N3OS/c1-12-16(25)8-19(30-12)20-15(11-26)22(27)28(14-6-4-5-13(24)7-14)17-9-23(2,3)10-18(29)21(17)20/h4-8,20H,9-10,27H2,1-3H3. The van der Waals surface area contributed by atoms with Gasteiger partial charge in [-0.2, -0.15) is 5.26 Å². The average molecular weight is 547 g/mol. The van der Waals surface area contributed by atoms with Crippen molar-refractivity contribution in [1.29, 1.82) is 5.26 Å². The number of Topliss-reactive ketones (excluding diaryl/α,β-unsaturated/α-hetero) is 1. The van der Waals surface area contributed by atoms with Gasteiger partial charge >= 0.3 is 0 Å². The zero-order chi connectivity index (χ0) is 21.8. The van der Waals surface area contributed by atoms with Crippen LogP contribution < -0.4 is 10.6 Å². The fourth-order valence-electron chi connectivity index (χ4n) is 4.33. The Morgan fingerprint density at radius 2 is 2.00 bits per heavy atom. The Bertz CT molecular complexity index is 1150. The molecule has 30 heavy (non-hydrogen) atoms. The molecule has 0 saturated carbocycles. The number of aryl methyl sites for hydroxylation is 1. The number of rotatable bonds is 2. The van der Waals surface area contributed by atoms with Gasteiger partial charge in [-0.25, -0.2) is 0 Å². The van der Waals surface area contributed by atoms with Gasteiger partial charge < -0.3 is 5.73 Å². The normalized spacial score (nSPS) is 21.0. The number of benzene rings is 1. The highest BCUT2D eigenvalue weighted by atomic mass is 79.9. The first-order valence-electron chi connectivity index (χ1n) is 9.60. The van der Waals surface area contributed by atoms with E-state index in [4.69, 9.17) is 5.73 Å². The van der Waals surface area contributed by atoms with Crippen LogP contribution in [0.3, 0.4) is 0 Å². The van der Waals surface area contributed by atoms with Crippen LogP contribution in [0.5, 0.6) is 0 Å². The van der Waals surface area contributed by atoms with Crippen molar-refractivity contribution in [3.8, 4) is 6.07 Å². The third-order valence-electron chi connectivity index (χ3n) is 5.61. The van der Waals surface area contributed by atoms with Crippen LogP contribution in [0.4, 0.5) is 5.69 Å². The predicted molar refractivity (Wildman–Crippen MR) is 128 cm³/mol. The van der Waals surface area contributed by atoms with Crippen molar-refractivity contribution in [3.63, 3.8) is 0 Å². The molecule has 1 atom stereocenters. The molecule has 0 amide bonds. The zero-order valence-electron chi connectivity index (χ0n) is 16.9. The van der Waals surface area contributed by atoms with Crippen LogP contribution in [0, 0.1) is 23.7 Å². The molecule has 2 heterocycles. The Balaban J connectivity index is 2.01. The monoisotopic (exact) mass is 545 g/mol. The van der Waals surface area contributed by atoms with E-state index in [1.165, 1.54) is 0 Å². The first kappa shape index (κ1) is 21.4. The fraction of sp³-hybridized carbons (Fsp3) is 0.304. The van der Waals surface area contributed by atoms with Gasteiger partial charge in [0.05, 0.1) is 17.6 Å². The summed E-state index contributed by atoms with van der Waals surface area (Å²) >= 11 is 8.71. The van der Waals surface area contributed by atoms with Crippen LogP contribution in [0.15, 0.2) is 61.9 Å². The van der Waals surface area contributed by atoms with Gasteiger partial charge in [-0.05, 0) is 59.0 Å². The molecule has 0 bridgehead atoms. The van der Waals surface area contributed by atoms with Crippen LogP contribution in [0.1, 0.15) is 42.4 Å². The zero-order valence-corrected chi connectivity index (χ0v) is 20.9. The maximum atomic E-state index is 13.5. The minimum atomic E-state index is -0.424. The second-order valence-corrected chi connectivity index (χ2v) is 11.6. The van der Waals surface area contributed by atoms with Gasteiger partial charge in [0.2, 0.25) is 0 Å². The number of nitrogens with zero attached hydrogens (tertiary/aromatic N) is 2.